The van der Waals surface area contributed by atoms with Gasteiger partial charge in [0.05, 0.1) is 18.1 Å². The molecular weight excluding hydrogens is 563 g/mol. The van der Waals surface area contributed by atoms with Crippen LogP contribution in [0.25, 0.3) is 6.08 Å². The van der Waals surface area contributed by atoms with Crippen molar-refractivity contribution < 1.29 is 28.7 Å². The average molecular weight is 585 g/mol. The molecule has 1 heterocycles. The van der Waals surface area contributed by atoms with E-state index in [-0.39, 0.29) is 29.7 Å². The molecule has 200 valence electrons. The Hall–Kier alpha value is -3.79. The number of ether oxygens (including phenoxy) is 2. The van der Waals surface area contributed by atoms with E-state index in [0.717, 1.165) is 16.7 Å². The number of hydrogen-bond acceptors (Lipinski definition) is 7. The van der Waals surface area contributed by atoms with Gasteiger partial charge in [-0.3, -0.25) is 24.1 Å². The molecule has 1 fully saturated rings. The first-order valence-electron chi connectivity index (χ1n) is 11.7. The van der Waals surface area contributed by atoms with E-state index >= 15 is 0 Å². The molecule has 1 aliphatic heterocycles. The van der Waals surface area contributed by atoms with Crippen LogP contribution in [-0.2, 0) is 9.59 Å². The van der Waals surface area contributed by atoms with E-state index in [0.29, 0.717) is 45.0 Å². The maximum atomic E-state index is 12.9. The summed E-state index contributed by atoms with van der Waals surface area (Å²) in [5.41, 5.74) is 1.46. The van der Waals surface area contributed by atoms with Crippen LogP contribution >= 0.6 is 35.0 Å². The molecule has 39 heavy (non-hydrogen) atoms. The van der Waals surface area contributed by atoms with Crippen molar-refractivity contribution in [1.82, 2.24) is 4.90 Å². The van der Waals surface area contributed by atoms with Crippen LogP contribution in [0.5, 0.6) is 11.5 Å². The van der Waals surface area contributed by atoms with Gasteiger partial charge in [-0.1, -0.05) is 35.3 Å². The largest absolute Gasteiger partial charge is 0.490 e. The molecule has 11 heteroatoms. The van der Waals surface area contributed by atoms with Gasteiger partial charge in [-0.25, -0.2) is 0 Å². The minimum Gasteiger partial charge on any atom is -0.490 e. The van der Waals surface area contributed by atoms with Gasteiger partial charge in [-0.05, 0) is 84.9 Å². The highest BCUT2D eigenvalue weighted by Crippen LogP contribution is 2.35. The van der Waals surface area contributed by atoms with Gasteiger partial charge in [0.2, 0.25) is 0 Å². The fourth-order valence-corrected chi connectivity index (χ4v) is 4.72. The van der Waals surface area contributed by atoms with Crippen LogP contribution in [0.4, 0.5) is 10.5 Å². The molecule has 1 N–H and O–H groups in total. The lowest BCUT2D eigenvalue weighted by atomic mass is 10.1. The Morgan fingerprint density at radius 3 is 2.44 bits per heavy atom. The van der Waals surface area contributed by atoms with Gasteiger partial charge in [0.25, 0.3) is 17.1 Å². The summed E-state index contributed by atoms with van der Waals surface area (Å²) in [6.45, 7) is 1.48. The summed E-state index contributed by atoms with van der Waals surface area (Å²) >= 11 is 12.5. The number of rotatable bonds is 10. The Bertz CT molecular complexity index is 1460. The van der Waals surface area contributed by atoms with Crippen molar-refractivity contribution in [2.45, 2.75) is 6.92 Å². The number of halogens is 2. The molecule has 3 aromatic carbocycles. The van der Waals surface area contributed by atoms with Crippen LogP contribution < -0.4 is 14.8 Å². The lowest BCUT2D eigenvalue weighted by Crippen LogP contribution is -2.33. The number of anilines is 1. The molecule has 3 aromatic rings. The van der Waals surface area contributed by atoms with Crippen LogP contribution in [0.1, 0.15) is 22.8 Å². The second-order valence-corrected chi connectivity index (χ2v) is 10.1. The normalized spacial score (nSPS) is 14.0. The summed E-state index contributed by atoms with van der Waals surface area (Å²) < 4.78 is 11.3. The Morgan fingerprint density at radius 1 is 0.949 bits per heavy atom. The number of thioether (sulfide) groups is 1. The van der Waals surface area contributed by atoms with Crippen LogP contribution in [-0.4, -0.2) is 47.5 Å². The third kappa shape index (κ3) is 7.41. The van der Waals surface area contributed by atoms with Gasteiger partial charge in [0.1, 0.15) is 0 Å². The first kappa shape index (κ1) is 28.2. The Balaban J connectivity index is 1.43. The molecule has 0 radical (unpaired) electrons. The molecule has 0 unspecified atom stereocenters. The summed E-state index contributed by atoms with van der Waals surface area (Å²) in [7, 11) is 0. The summed E-state index contributed by atoms with van der Waals surface area (Å²) in [5, 5.41) is 3.13. The van der Waals surface area contributed by atoms with Crippen LogP contribution in [0, 0.1) is 0 Å². The molecule has 0 aliphatic carbocycles. The molecule has 0 atom stereocenters. The number of carbonyl (C=O) groups is 4. The molecule has 0 aromatic heterocycles. The Labute approximate surface area is 238 Å². The van der Waals surface area contributed by atoms with Crippen molar-refractivity contribution in [3.8, 4) is 11.5 Å². The lowest BCUT2D eigenvalue weighted by Gasteiger charge is -2.13. The zero-order valence-corrected chi connectivity index (χ0v) is 22.9. The minimum absolute atomic E-state index is 0.168. The number of Topliss-reactive ketones (excluding diaryl/α,β-unsaturated/α-hetero) is 1. The van der Waals surface area contributed by atoms with Crippen molar-refractivity contribution in [3.63, 3.8) is 0 Å². The lowest BCUT2D eigenvalue weighted by molar-refractivity contribution is -0.122. The average Bonchev–Trinajstić information content (AvgIpc) is 3.16. The second-order valence-electron chi connectivity index (χ2n) is 8.18. The number of nitrogens with one attached hydrogen (secondary N) is 1. The number of hydrogen-bond donors (Lipinski definition) is 1. The highest BCUT2D eigenvalue weighted by atomic mass is 35.5. The SMILES string of the molecule is CCOc1cc(/C=C2/SC(=O)N(CC(=O)c3ccc(Cl)cc3)C2=O)ccc1OCC(=O)Nc1cccc(Cl)c1. The van der Waals surface area contributed by atoms with Gasteiger partial charge < -0.3 is 14.8 Å². The smallest absolute Gasteiger partial charge is 0.293 e. The predicted molar refractivity (Wildman–Crippen MR) is 152 cm³/mol. The molecule has 1 aliphatic rings. The second kappa shape index (κ2) is 12.8. The van der Waals surface area contributed by atoms with Crippen molar-refractivity contribution in [2.24, 2.45) is 0 Å². The molecule has 0 spiro atoms. The zero-order valence-electron chi connectivity index (χ0n) is 20.6. The first-order valence-corrected chi connectivity index (χ1v) is 13.3. The number of ketones is 1. The third-order valence-electron chi connectivity index (χ3n) is 5.37. The fourth-order valence-electron chi connectivity index (χ4n) is 3.57. The van der Waals surface area contributed by atoms with Gasteiger partial charge in [-0.15, -0.1) is 0 Å². The standard InChI is InChI=1S/C28H22Cl2N2O6S/c1-2-37-24-12-17(6-11-23(24)38-16-26(34)31-21-5-3-4-20(30)14-21)13-25-27(35)32(28(36)39-25)15-22(33)18-7-9-19(29)10-8-18/h3-14H,2,15-16H2,1H3,(H,31,34)/b25-13+. The highest BCUT2D eigenvalue weighted by Gasteiger charge is 2.36. The van der Waals surface area contributed by atoms with Gasteiger partial charge >= 0.3 is 0 Å². The predicted octanol–water partition coefficient (Wildman–Crippen LogP) is 6.33. The molecular formula is C28H22Cl2N2O6S. The summed E-state index contributed by atoms with van der Waals surface area (Å²) in [5.74, 6) is -0.639. The topological polar surface area (TPSA) is 102 Å². The molecule has 0 saturated carbocycles. The number of carbonyl (C=O) groups excluding carboxylic acids is 4. The van der Waals surface area contributed by atoms with Crippen molar-refractivity contribution in [3.05, 3.63) is 92.8 Å². The van der Waals surface area contributed by atoms with E-state index in [1.54, 1.807) is 73.7 Å². The van der Waals surface area contributed by atoms with E-state index in [4.69, 9.17) is 32.7 Å². The summed E-state index contributed by atoms with van der Waals surface area (Å²) in [6, 6.07) is 17.9. The molecule has 8 nitrogen and oxygen atoms in total. The van der Waals surface area contributed by atoms with Crippen LogP contribution in [0.3, 0.4) is 0 Å². The number of imide groups is 1. The molecule has 1 saturated heterocycles. The fraction of sp³-hybridized carbons (Fsp3) is 0.143. The van der Waals surface area contributed by atoms with E-state index in [2.05, 4.69) is 5.32 Å². The quantitative estimate of drug-likeness (QED) is 0.219. The maximum Gasteiger partial charge on any atom is 0.293 e. The maximum absolute atomic E-state index is 12.9. The van der Waals surface area contributed by atoms with Crippen LogP contribution in [0.15, 0.2) is 71.6 Å². The van der Waals surface area contributed by atoms with E-state index in [1.165, 1.54) is 6.08 Å². The third-order valence-corrected chi connectivity index (χ3v) is 6.77. The molecule has 0 bridgehead atoms. The number of amides is 3. The first-order chi connectivity index (χ1) is 18.7. The van der Waals surface area contributed by atoms with E-state index in [1.807, 2.05) is 0 Å². The van der Waals surface area contributed by atoms with Gasteiger partial charge in [-0.2, -0.15) is 0 Å². The Kier molecular flexibility index (Phi) is 9.29. The number of nitrogens with zero attached hydrogens (tertiary/aromatic N) is 1. The number of benzene rings is 3. The Morgan fingerprint density at radius 2 is 1.72 bits per heavy atom. The van der Waals surface area contributed by atoms with E-state index < -0.39 is 11.1 Å². The van der Waals surface area contributed by atoms with Crippen molar-refractivity contribution in [2.75, 3.05) is 25.1 Å². The summed E-state index contributed by atoms with van der Waals surface area (Å²) in [6.07, 6.45) is 1.54. The van der Waals surface area contributed by atoms with Gasteiger partial charge in [0.15, 0.2) is 23.9 Å². The zero-order chi connectivity index (χ0) is 27.9. The van der Waals surface area contributed by atoms with Crippen molar-refractivity contribution >= 4 is 69.6 Å². The van der Waals surface area contributed by atoms with Crippen LogP contribution in [0.2, 0.25) is 10.0 Å². The molecule has 4 rings (SSSR count). The highest BCUT2D eigenvalue weighted by molar-refractivity contribution is 8.18. The monoisotopic (exact) mass is 584 g/mol. The molecule has 3 amide bonds. The summed E-state index contributed by atoms with van der Waals surface area (Å²) in [4.78, 5) is 51.3. The van der Waals surface area contributed by atoms with E-state index in [9.17, 15) is 19.2 Å². The minimum atomic E-state index is -0.566. The van der Waals surface area contributed by atoms with Gasteiger partial charge in [0, 0.05) is 21.3 Å². The van der Waals surface area contributed by atoms with Crippen molar-refractivity contribution in [1.29, 1.82) is 0 Å².